The summed E-state index contributed by atoms with van der Waals surface area (Å²) in [6, 6.07) is 0. The standard InChI is InChI=1S/C23H46O7Si2/c1-15(24)17(25)19-21(27-9)20(26-8)18(30-32(12,13)23(5,6)7)16(29-19)14-28-31(10,11)22(2,3)4/h16,18-21H,14H2,1-13H3/t16-,18-,19-,20+,21+/m1/s1. The Morgan fingerprint density at radius 1 is 0.812 bits per heavy atom. The second kappa shape index (κ2) is 10.5. The number of rotatable bonds is 9. The van der Waals surface area contributed by atoms with Crippen LogP contribution in [-0.4, -0.2) is 79.5 Å². The summed E-state index contributed by atoms with van der Waals surface area (Å²) in [5.41, 5.74) is 0. The number of carbonyl (C=O) groups excluding carboxylic acids is 2. The van der Waals surface area contributed by atoms with Gasteiger partial charge < -0.3 is 23.1 Å². The van der Waals surface area contributed by atoms with Crippen molar-refractivity contribution in [3.63, 3.8) is 0 Å². The van der Waals surface area contributed by atoms with E-state index in [1.165, 1.54) is 14.0 Å². The Hall–Kier alpha value is -0.426. The molecule has 7 nitrogen and oxygen atoms in total. The first-order valence-corrected chi connectivity index (χ1v) is 17.2. The van der Waals surface area contributed by atoms with Crippen LogP contribution in [0.5, 0.6) is 0 Å². The van der Waals surface area contributed by atoms with Gasteiger partial charge in [-0.25, -0.2) is 0 Å². The van der Waals surface area contributed by atoms with Crippen molar-refractivity contribution >= 4 is 28.2 Å². The first-order chi connectivity index (χ1) is 14.3. The van der Waals surface area contributed by atoms with Crippen LogP contribution >= 0.6 is 0 Å². The van der Waals surface area contributed by atoms with Gasteiger partial charge in [0, 0.05) is 21.1 Å². The molecule has 1 heterocycles. The van der Waals surface area contributed by atoms with E-state index in [9.17, 15) is 9.59 Å². The van der Waals surface area contributed by atoms with Crippen molar-refractivity contribution in [3.05, 3.63) is 0 Å². The third-order valence-corrected chi connectivity index (χ3v) is 16.4. The molecule has 5 atom stereocenters. The maximum absolute atomic E-state index is 12.7. The highest BCUT2D eigenvalue weighted by molar-refractivity contribution is 6.74. The quantitative estimate of drug-likeness (QED) is 0.351. The summed E-state index contributed by atoms with van der Waals surface area (Å²) >= 11 is 0. The van der Waals surface area contributed by atoms with E-state index >= 15 is 0 Å². The first-order valence-electron chi connectivity index (χ1n) is 11.4. The monoisotopic (exact) mass is 490 g/mol. The molecule has 9 heteroatoms. The van der Waals surface area contributed by atoms with E-state index in [1.54, 1.807) is 7.11 Å². The summed E-state index contributed by atoms with van der Waals surface area (Å²) in [4.78, 5) is 24.6. The van der Waals surface area contributed by atoms with Gasteiger partial charge in [0.2, 0.25) is 5.78 Å². The van der Waals surface area contributed by atoms with Crippen LogP contribution in [0.1, 0.15) is 48.5 Å². The lowest BCUT2D eigenvalue weighted by atomic mass is 9.91. The lowest BCUT2D eigenvalue weighted by Crippen LogP contribution is -2.66. The molecule has 32 heavy (non-hydrogen) atoms. The van der Waals surface area contributed by atoms with Crippen LogP contribution < -0.4 is 0 Å². The molecule has 0 aromatic heterocycles. The fraction of sp³-hybridized carbons (Fsp3) is 0.913. The Kier molecular flexibility index (Phi) is 9.67. The Balaban J connectivity index is 3.40. The molecule has 1 fully saturated rings. The number of hydrogen-bond donors (Lipinski definition) is 0. The van der Waals surface area contributed by atoms with Crippen molar-refractivity contribution in [1.82, 2.24) is 0 Å². The Morgan fingerprint density at radius 3 is 1.66 bits per heavy atom. The predicted octanol–water partition coefficient (Wildman–Crippen LogP) is 4.35. The van der Waals surface area contributed by atoms with Gasteiger partial charge in [0.1, 0.15) is 24.4 Å². The third-order valence-electron chi connectivity index (χ3n) is 7.44. The highest BCUT2D eigenvalue weighted by atomic mass is 28.4. The minimum absolute atomic E-state index is 0.0157. The highest BCUT2D eigenvalue weighted by Gasteiger charge is 2.54. The van der Waals surface area contributed by atoms with Gasteiger partial charge >= 0.3 is 0 Å². The van der Waals surface area contributed by atoms with Crippen LogP contribution in [0, 0.1) is 0 Å². The van der Waals surface area contributed by atoms with Crippen molar-refractivity contribution in [2.75, 3.05) is 20.8 Å². The van der Waals surface area contributed by atoms with Crippen molar-refractivity contribution < 1.29 is 32.7 Å². The maximum Gasteiger partial charge on any atom is 0.229 e. The average Bonchev–Trinajstić information content (AvgIpc) is 2.63. The van der Waals surface area contributed by atoms with Crippen molar-refractivity contribution in [2.45, 2.75) is 115 Å². The van der Waals surface area contributed by atoms with Gasteiger partial charge in [0.15, 0.2) is 28.5 Å². The van der Waals surface area contributed by atoms with Crippen LogP contribution in [0.15, 0.2) is 0 Å². The van der Waals surface area contributed by atoms with Gasteiger partial charge in [0.25, 0.3) is 0 Å². The molecule has 0 aromatic carbocycles. The molecule has 188 valence electrons. The summed E-state index contributed by atoms with van der Waals surface area (Å²) < 4.78 is 31.0. The predicted molar refractivity (Wildman–Crippen MR) is 131 cm³/mol. The van der Waals surface area contributed by atoms with Gasteiger partial charge in [-0.1, -0.05) is 41.5 Å². The summed E-state index contributed by atoms with van der Waals surface area (Å²) in [7, 11) is -1.25. The summed E-state index contributed by atoms with van der Waals surface area (Å²) in [6.45, 7) is 23.2. The van der Waals surface area contributed by atoms with Crippen LogP contribution in [0.25, 0.3) is 0 Å². The molecular formula is C23H46O7Si2. The fourth-order valence-corrected chi connectivity index (χ4v) is 5.49. The number of ether oxygens (including phenoxy) is 3. The van der Waals surface area contributed by atoms with Gasteiger partial charge in [-0.15, -0.1) is 0 Å². The van der Waals surface area contributed by atoms with Crippen LogP contribution in [0.4, 0.5) is 0 Å². The van der Waals surface area contributed by atoms with Crippen molar-refractivity contribution in [3.8, 4) is 0 Å². The van der Waals surface area contributed by atoms with Crippen LogP contribution in [-0.2, 0) is 32.7 Å². The smallest absolute Gasteiger partial charge is 0.229 e. The summed E-state index contributed by atoms with van der Waals surface area (Å²) in [5.74, 6) is -1.19. The molecule has 0 saturated carbocycles. The van der Waals surface area contributed by atoms with Crippen LogP contribution in [0.2, 0.25) is 36.3 Å². The van der Waals surface area contributed by atoms with Gasteiger partial charge in [-0.2, -0.15) is 0 Å². The highest BCUT2D eigenvalue weighted by Crippen LogP contribution is 2.41. The van der Waals surface area contributed by atoms with E-state index in [-0.39, 0.29) is 16.7 Å². The molecule has 0 N–H and O–H groups in total. The maximum atomic E-state index is 12.7. The third kappa shape index (κ3) is 6.58. The molecule has 0 spiro atoms. The zero-order valence-corrected chi connectivity index (χ0v) is 24.5. The molecular weight excluding hydrogens is 444 g/mol. The lowest BCUT2D eigenvalue weighted by molar-refractivity contribution is -0.232. The van der Waals surface area contributed by atoms with E-state index < -0.39 is 58.7 Å². The molecule has 0 bridgehead atoms. The van der Waals surface area contributed by atoms with Crippen molar-refractivity contribution in [1.29, 1.82) is 0 Å². The second-order valence-electron chi connectivity index (χ2n) is 11.8. The zero-order chi connectivity index (χ0) is 25.3. The molecule has 1 rings (SSSR count). The minimum atomic E-state index is -2.23. The number of Topliss-reactive ketones (excluding diaryl/α,β-unsaturated/α-hetero) is 2. The van der Waals surface area contributed by atoms with Crippen molar-refractivity contribution in [2.24, 2.45) is 0 Å². The second-order valence-corrected chi connectivity index (χ2v) is 21.4. The molecule has 1 saturated heterocycles. The molecule has 0 unspecified atom stereocenters. The first kappa shape index (κ1) is 29.6. The minimum Gasteiger partial charge on any atom is -0.414 e. The molecule has 1 aliphatic heterocycles. The fourth-order valence-electron chi connectivity index (χ4n) is 3.15. The largest absolute Gasteiger partial charge is 0.414 e. The Morgan fingerprint density at radius 2 is 1.28 bits per heavy atom. The Bertz CT molecular complexity index is 664. The molecule has 0 aromatic rings. The van der Waals surface area contributed by atoms with E-state index in [2.05, 4.69) is 67.7 Å². The van der Waals surface area contributed by atoms with Crippen LogP contribution in [0.3, 0.4) is 0 Å². The summed E-state index contributed by atoms with van der Waals surface area (Å²) in [5, 5.41) is -0.0213. The van der Waals surface area contributed by atoms with Gasteiger partial charge in [0.05, 0.1) is 6.61 Å². The molecule has 0 radical (unpaired) electrons. The average molecular weight is 491 g/mol. The Labute approximate surface area is 197 Å². The van der Waals surface area contributed by atoms with E-state index in [1.807, 2.05) is 0 Å². The number of methoxy groups -OCH3 is 2. The van der Waals surface area contributed by atoms with Gasteiger partial charge in [-0.3, -0.25) is 9.59 Å². The molecule has 1 aliphatic rings. The number of carbonyl (C=O) groups is 2. The molecule has 0 aliphatic carbocycles. The number of ketones is 2. The number of hydrogen-bond acceptors (Lipinski definition) is 7. The SMILES string of the molecule is CO[C@@H]1[C@@H](OC)[C@@H](C(=O)C(C)=O)O[C@H](CO[Si](C)(C)C(C)(C)C)[C@H]1O[Si](C)(C)C(C)(C)C. The lowest BCUT2D eigenvalue weighted by Gasteiger charge is -2.49. The normalized spacial score (nSPS) is 28.0. The topological polar surface area (TPSA) is 80.3 Å². The van der Waals surface area contributed by atoms with E-state index in [0.717, 1.165) is 0 Å². The summed E-state index contributed by atoms with van der Waals surface area (Å²) in [6.07, 6.45) is -3.45. The van der Waals surface area contributed by atoms with Gasteiger partial charge in [-0.05, 0) is 36.3 Å². The zero-order valence-electron chi connectivity index (χ0n) is 22.5. The van der Waals surface area contributed by atoms with E-state index in [4.69, 9.17) is 23.1 Å². The molecule has 0 amide bonds. The van der Waals surface area contributed by atoms with E-state index in [0.29, 0.717) is 0 Å².